The minimum Gasteiger partial charge on any atom is -0.481 e. The number of hydrogen-bond acceptors (Lipinski definition) is 3. The number of carbonyl (C=O) groups is 3. The topological polar surface area (TPSA) is 77.9 Å². The number of halogens is 1. The Labute approximate surface area is 145 Å². The molecule has 6 nitrogen and oxygen atoms in total. The lowest BCUT2D eigenvalue weighted by Crippen LogP contribution is -2.52. The van der Waals surface area contributed by atoms with E-state index in [9.17, 15) is 23.9 Å². The minimum atomic E-state index is -0.891. The SMILES string of the molecule is O=C(CC1(C(=O)O)CCC1)N1CCN(C(=O)c2ccc(F)cc2)CC1. The number of carbonyl (C=O) groups excluding carboxylic acids is 2. The zero-order valence-electron chi connectivity index (χ0n) is 13.9. The smallest absolute Gasteiger partial charge is 0.310 e. The van der Waals surface area contributed by atoms with Crippen LogP contribution in [0.1, 0.15) is 36.0 Å². The Morgan fingerprint density at radius 3 is 2.04 bits per heavy atom. The molecule has 0 bridgehead atoms. The molecule has 0 radical (unpaired) electrons. The second-order valence-electron chi connectivity index (χ2n) is 6.80. The van der Waals surface area contributed by atoms with Crippen molar-refractivity contribution in [1.82, 2.24) is 9.80 Å². The fourth-order valence-corrected chi connectivity index (χ4v) is 3.41. The van der Waals surface area contributed by atoms with E-state index >= 15 is 0 Å². The van der Waals surface area contributed by atoms with Gasteiger partial charge in [-0.05, 0) is 37.1 Å². The molecule has 2 fully saturated rings. The normalized spacial score (nSPS) is 19.2. The van der Waals surface area contributed by atoms with Gasteiger partial charge >= 0.3 is 5.97 Å². The molecule has 3 rings (SSSR count). The lowest BCUT2D eigenvalue weighted by molar-refractivity contribution is -0.159. The molecular weight excluding hydrogens is 327 g/mol. The fraction of sp³-hybridized carbons (Fsp3) is 0.500. The molecule has 1 aromatic carbocycles. The molecule has 0 unspecified atom stereocenters. The van der Waals surface area contributed by atoms with E-state index in [1.165, 1.54) is 24.3 Å². The molecule has 1 aliphatic heterocycles. The van der Waals surface area contributed by atoms with Gasteiger partial charge in [-0.1, -0.05) is 6.42 Å². The average molecular weight is 348 g/mol. The maximum absolute atomic E-state index is 12.9. The van der Waals surface area contributed by atoms with Gasteiger partial charge in [0.15, 0.2) is 0 Å². The Balaban J connectivity index is 1.54. The molecule has 1 saturated carbocycles. The quantitative estimate of drug-likeness (QED) is 0.899. The maximum Gasteiger partial charge on any atom is 0.310 e. The molecule has 7 heteroatoms. The molecule has 0 spiro atoms. The third-order valence-corrected chi connectivity index (χ3v) is 5.26. The highest BCUT2D eigenvalue weighted by Gasteiger charge is 2.46. The molecule has 2 amide bonds. The first-order valence-electron chi connectivity index (χ1n) is 8.47. The summed E-state index contributed by atoms with van der Waals surface area (Å²) in [6.07, 6.45) is 1.99. The largest absolute Gasteiger partial charge is 0.481 e. The number of amides is 2. The van der Waals surface area contributed by atoms with Crippen LogP contribution in [0.2, 0.25) is 0 Å². The van der Waals surface area contributed by atoms with Gasteiger partial charge in [-0.2, -0.15) is 0 Å². The maximum atomic E-state index is 12.9. The van der Waals surface area contributed by atoms with Gasteiger partial charge in [0.1, 0.15) is 5.82 Å². The van der Waals surface area contributed by atoms with Gasteiger partial charge in [0.25, 0.3) is 5.91 Å². The van der Waals surface area contributed by atoms with Gasteiger partial charge in [0.2, 0.25) is 5.91 Å². The van der Waals surface area contributed by atoms with Gasteiger partial charge in [-0.3, -0.25) is 14.4 Å². The first kappa shape index (κ1) is 17.4. The standard InChI is InChI=1S/C18H21FN2O4/c19-14-4-2-13(3-5-14)16(23)21-10-8-20(9-11-21)15(22)12-18(17(24)25)6-1-7-18/h2-5H,1,6-12H2,(H,24,25). The van der Waals surface area contributed by atoms with E-state index < -0.39 is 17.2 Å². The average Bonchev–Trinajstić information content (AvgIpc) is 2.58. The van der Waals surface area contributed by atoms with Crippen LogP contribution in [-0.4, -0.2) is 58.9 Å². The predicted octanol–water partition coefficient (Wildman–Crippen LogP) is 1.76. The van der Waals surface area contributed by atoms with Crippen molar-refractivity contribution in [1.29, 1.82) is 0 Å². The van der Waals surface area contributed by atoms with Crippen LogP contribution < -0.4 is 0 Å². The van der Waals surface area contributed by atoms with Crippen molar-refractivity contribution in [2.45, 2.75) is 25.7 Å². The van der Waals surface area contributed by atoms with E-state index in [0.29, 0.717) is 44.6 Å². The molecule has 1 N–H and O–H groups in total. The van der Waals surface area contributed by atoms with Crippen molar-refractivity contribution in [2.75, 3.05) is 26.2 Å². The summed E-state index contributed by atoms with van der Waals surface area (Å²) in [6, 6.07) is 5.39. The number of rotatable bonds is 4. The van der Waals surface area contributed by atoms with E-state index in [4.69, 9.17) is 0 Å². The molecule has 25 heavy (non-hydrogen) atoms. The second-order valence-corrected chi connectivity index (χ2v) is 6.80. The van der Waals surface area contributed by atoms with Crippen LogP contribution in [0.4, 0.5) is 4.39 Å². The van der Waals surface area contributed by atoms with Crippen molar-refractivity contribution in [3.05, 3.63) is 35.6 Å². The van der Waals surface area contributed by atoms with E-state index in [-0.39, 0.29) is 18.2 Å². The van der Waals surface area contributed by atoms with E-state index in [1.807, 2.05) is 0 Å². The molecule has 134 valence electrons. The van der Waals surface area contributed by atoms with Crippen molar-refractivity contribution in [2.24, 2.45) is 5.41 Å². The van der Waals surface area contributed by atoms with E-state index in [0.717, 1.165) is 6.42 Å². The summed E-state index contributed by atoms with van der Waals surface area (Å²) in [5.41, 5.74) is -0.474. The summed E-state index contributed by atoms with van der Waals surface area (Å²) in [5, 5.41) is 9.34. The summed E-state index contributed by atoms with van der Waals surface area (Å²) in [7, 11) is 0. The third kappa shape index (κ3) is 3.50. The summed E-state index contributed by atoms with van der Waals surface area (Å²) >= 11 is 0. The lowest BCUT2D eigenvalue weighted by Gasteiger charge is -2.40. The van der Waals surface area contributed by atoms with Crippen LogP contribution in [0.15, 0.2) is 24.3 Å². The van der Waals surface area contributed by atoms with E-state index in [2.05, 4.69) is 0 Å². The zero-order chi connectivity index (χ0) is 18.0. The first-order valence-corrected chi connectivity index (χ1v) is 8.47. The molecule has 2 aliphatic rings. The summed E-state index contributed by atoms with van der Waals surface area (Å²) < 4.78 is 12.9. The number of piperazine rings is 1. The number of aliphatic carboxylic acids is 1. The van der Waals surface area contributed by atoms with Gasteiger partial charge < -0.3 is 14.9 Å². The summed E-state index contributed by atoms with van der Waals surface area (Å²) in [4.78, 5) is 39.5. The second kappa shape index (κ2) is 6.82. The highest BCUT2D eigenvalue weighted by molar-refractivity contribution is 5.94. The van der Waals surface area contributed by atoms with Crippen LogP contribution in [0.3, 0.4) is 0 Å². The monoisotopic (exact) mass is 348 g/mol. The summed E-state index contributed by atoms with van der Waals surface area (Å²) in [6.45, 7) is 1.56. The Kier molecular flexibility index (Phi) is 4.74. The Bertz CT molecular complexity index is 677. The molecule has 1 heterocycles. The molecule has 1 saturated heterocycles. The van der Waals surface area contributed by atoms with Gasteiger partial charge in [0, 0.05) is 38.2 Å². The number of hydrogen-bond donors (Lipinski definition) is 1. The Morgan fingerprint density at radius 2 is 1.56 bits per heavy atom. The van der Waals surface area contributed by atoms with Crippen molar-refractivity contribution >= 4 is 17.8 Å². The first-order chi connectivity index (χ1) is 11.9. The molecular formula is C18H21FN2O4. The zero-order valence-corrected chi connectivity index (χ0v) is 13.9. The van der Waals surface area contributed by atoms with Crippen LogP contribution in [0, 0.1) is 11.2 Å². The number of carboxylic acids is 1. The van der Waals surface area contributed by atoms with Gasteiger partial charge in [-0.15, -0.1) is 0 Å². The predicted molar refractivity (Wildman–Crippen MR) is 87.4 cm³/mol. The molecule has 1 aliphatic carbocycles. The number of benzene rings is 1. The third-order valence-electron chi connectivity index (χ3n) is 5.26. The van der Waals surface area contributed by atoms with Crippen LogP contribution in [-0.2, 0) is 9.59 Å². The number of carboxylic acid groups (broad SMARTS) is 1. The molecule has 0 aromatic heterocycles. The van der Waals surface area contributed by atoms with Gasteiger partial charge in [-0.25, -0.2) is 4.39 Å². The van der Waals surface area contributed by atoms with Crippen LogP contribution >= 0.6 is 0 Å². The van der Waals surface area contributed by atoms with E-state index in [1.54, 1.807) is 9.80 Å². The van der Waals surface area contributed by atoms with Crippen molar-refractivity contribution in [3.8, 4) is 0 Å². The van der Waals surface area contributed by atoms with Gasteiger partial charge in [0.05, 0.1) is 5.41 Å². The van der Waals surface area contributed by atoms with Crippen LogP contribution in [0.5, 0.6) is 0 Å². The van der Waals surface area contributed by atoms with Crippen molar-refractivity contribution < 1.29 is 23.9 Å². The fourth-order valence-electron chi connectivity index (χ4n) is 3.41. The Morgan fingerprint density at radius 1 is 1.00 bits per heavy atom. The highest BCUT2D eigenvalue weighted by Crippen LogP contribution is 2.44. The summed E-state index contributed by atoms with van der Waals surface area (Å²) in [5.74, 6) is -1.63. The Hall–Kier alpha value is -2.44. The highest BCUT2D eigenvalue weighted by atomic mass is 19.1. The number of nitrogens with zero attached hydrogens (tertiary/aromatic N) is 2. The van der Waals surface area contributed by atoms with Crippen LogP contribution in [0.25, 0.3) is 0 Å². The molecule has 0 atom stereocenters. The molecule has 1 aromatic rings. The van der Waals surface area contributed by atoms with Crippen molar-refractivity contribution in [3.63, 3.8) is 0 Å². The minimum absolute atomic E-state index is 0.0360. The lowest BCUT2D eigenvalue weighted by atomic mass is 9.66.